The van der Waals surface area contributed by atoms with Crippen molar-refractivity contribution < 1.29 is 4.79 Å². The molecular formula is C19H15Cl2N3O. The first-order valence-electron chi connectivity index (χ1n) is 7.74. The molecule has 1 N–H and O–H groups in total. The van der Waals surface area contributed by atoms with E-state index in [0.29, 0.717) is 10.7 Å². The van der Waals surface area contributed by atoms with E-state index in [4.69, 9.17) is 23.2 Å². The minimum absolute atomic E-state index is 0.000375. The molecule has 0 aromatic heterocycles. The van der Waals surface area contributed by atoms with Gasteiger partial charge in [-0.05, 0) is 37.1 Å². The zero-order valence-corrected chi connectivity index (χ0v) is 15.0. The van der Waals surface area contributed by atoms with E-state index in [1.54, 1.807) is 24.4 Å². The van der Waals surface area contributed by atoms with Crippen molar-refractivity contribution in [2.75, 3.05) is 10.2 Å². The van der Waals surface area contributed by atoms with Crippen molar-refractivity contribution in [3.63, 3.8) is 0 Å². The Morgan fingerprint density at radius 3 is 2.80 bits per heavy atom. The van der Waals surface area contributed by atoms with Crippen molar-refractivity contribution in [3.05, 3.63) is 69.8 Å². The third-order valence-corrected chi connectivity index (χ3v) is 4.91. The van der Waals surface area contributed by atoms with E-state index in [9.17, 15) is 10.1 Å². The van der Waals surface area contributed by atoms with Crippen LogP contribution in [0.5, 0.6) is 0 Å². The molecule has 1 amide bonds. The Morgan fingerprint density at radius 1 is 1.28 bits per heavy atom. The Morgan fingerprint density at radius 2 is 2.04 bits per heavy atom. The fourth-order valence-electron chi connectivity index (χ4n) is 2.85. The maximum atomic E-state index is 12.5. The highest BCUT2D eigenvalue weighted by Crippen LogP contribution is 2.33. The number of nitriles is 1. The number of carbonyl (C=O) groups excluding carboxylic acids is 1. The summed E-state index contributed by atoms with van der Waals surface area (Å²) in [5.41, 5.74) is 2.58. The van der Waals surface area contributed by atoms with Gasteiger partial charge < -0.3 is 10.2 Å². The lowest BCUT2D eigenvalue weighted by molar-refractivity contribution is -0.112. The molecule has 2 aromatic rings. The van der Waals surface area contributed by atoms with Crippen LogP contribution < -0.4 is 10.2 Å². The number of halogens is 2. The molecule has 0 spiro atoms. The van der Waals surface area contributed by atoms with Crippen molar-refractivity contribution in [2.45, 2.75) is 19.4 Å². The number of anilines is 2. The van der Waals surface area contributed by atoms with E-state index in [1.165, 1.54) is 5.56 Å². The quantitative estimate of drug-likeness (QED) is 0.623. The van der Waals surface area contributed by atoms with E-state index in [2.05, 4.69) is 18.3 Å². The summed E-state index contributed by atoms with van der Waals surface area (Å²) in [6.07, 6.45) is 2.46. The van der Waals surface area contributed by atoms with Gasteiger partial charge in [-0.1, -0.05) is 47.5 Å². The lowest BCUT2D eigenvalue weighted by atomic mass is 10.1. The molecule has 0 bridgehead atoms. The van der Waals surface area contributed by atoms with Gasteiger partial charge in [-0.15, -0.1) is 0 Å². The SMILES string of the molecule is CC1Cc2ccccc2N1/C=C(/C#N)C(=O)Nc1cccc(Cl)c1Cl. The number of hydrogen-bond acceptors (Lipinski definition) is 3. The number of para-hydroxylation sites is 1. The van der Waals surface area contributed by atoms with Crippen LogP contribution in [0.25, 0.3) is 0 Å². The van der Waals surface area contributed by atoms with Crippen molar-refractivity contribution in [2.24, 2.45) is 0 Å². The third kappa shape index (κ3) is 3.48. The largest absolute Gasteiger partial charge is 0.343 e. The predicted molar refractivity (Wildman–Crippen MR) is 101 cm³/mol. The fourth-order valence-corrected chi connectivity index (χ4v) is 3.20. The van der Waals surface area contributed by atoms with Crippen LogP contribution in [0.3, 0.4) is 0 Å². The summed E-state index contributed by atoms with van der Waals surface area (Å²) < 4.78 is 0. The standard InChI is InChI=1S/C19H15Cl2N3O/c1-12-9-13-5-2-3-8-17(13)24(12)11-14(10-22)19(25)23-16-7-4-6-15(20)18(16)21/h2-8,11-12H,9H2,1H3,(H,23,25)/b14-11-. The van der Waals surface area contributed by atoms with Gasteiger partial charge >= 0.3 is 0 Å². The van der Waals surface area contributed by atoms with Gasteiger partial charge in [-0.3, -0.25) is 4.79 Å². The van der Waals surface area contributed by atoms with E-state index in [-0.39, 0.29) is 16.6 Å². The molecule has 1 unspecified atom stereocenters. The van der Waals surface area contributed by atoms with E-state index < -0.39 is 5.91 Å². The summed E-state index contributed by atoms with van der Waals surface area (Å²) in [6, 6.07) is 15.0. The number of nitrogens with one attached hydrogen (secondary N) is 1. The lowest BCUT2D eigenvalue weighted by Gasteiger charge is -2.20. The number of fused-ring (bicyclic) bond motifs is 1. The smallest absolute Gasteiger partial charge is 0.267 e. The lowest BCUT2D eigenvalue weighted by Crippen LogP contribution is -2.25. The van der Waals surface area contributed by atoms with Crippen LogP contribution in [-0.2, 0) is 11.2 Å². The summed E-state index contributed by atoms with van der Waals surface area (Å²) in [5, 5.41) is 12.7. The molecule has 1 atom stereocenters. The summed E-state index contributed by atoms with van der Waals surface area (Å²) in [6.45, 7) is 2.05. The molecule has 1 heterocycles. The van der Waals surface area contributed by atoms with Gasteiger partial charge in [0, 0.05) is 17.9 Å². The van der Waals surface area contributed by atoms with Gasteiger partial charge in [-0.2, -0.15) is 5.26 Å². The first-order chi connectivity index (χ1) is 12.0. The molecule has 25 heavy (non-hydrogen) atoms. The van der Waals surface area contributed by atoms with Crippen molar-refractivity contribution in [3.8, 4) is 6.07 Å². The maximum absolute atomic E-state index is 12.5. The Hall–Kier alpha value is -2.48. The summed E-state index contributed by atoms with van der Waals surface area (Å²) in [5.74, 6) is -0.525. The van der Waals surface area contributed by atoms with Crippen LogP contribution in [0.2, 0.25) is 10.0 Å². The normalized spacial score (nSPS) is 16.3. The van der Waals surface area contributed by atoms with Crippen molar-refractivity contribution in [1.82, 2.24) is 0 Å². The fraction of sp³-hybridized carbons (Fsp3) is 0.158. The number of nitrogens with zero attached hydrogens (tertiary/aromatic N) is 2. The second-order valence-electron chi connectivity index (χ2n) is 5.80. The van der Waals surface area contributed by atoms with Crippen LogP contribution in [0.15, 0.2) is 54.2 Å². The van der Waals surface area contributed by atoms with Gasteiger partial charge in [0.05, 0.1) is 15.7 Å². The molecule has 126 valence electrons. The van der Waals surface area contributed by atoms with Crippen LogP contribution in [0.4, 0.5) is 11.4 Å². The highest BCUT2D eigenvalue weighted by molar-refractivity contribution is 6.44. The summed E-state index contributed by atoms with van der Waals surface area (Å²) >= 11 is 12.0. The Balaban J connectivity index is 1.87. The second kappa shape index (κ2) is 7.18. The van der Waals surface area contributed by atoms with Gasteiger partial charge in [0.15, 0.2) is 0 Å². The molecule has 0 saturated carbocycles. The Kier molecular flexibility index (Phi) is 4.98. The number of rotatable bonds is 3. The molecule has 3 rings (SSSR count). The van der Waals surface area contributed by atoms with E-state index >= 15 is 0 Å². The molecule has 0 radical (unpaired) electrons. The van der Waals surface area contributed by atoms with Gasteiger partial charge in [0.25, 0.3) is 5.91 Å². The monoisotopic (exact) mass is 371 g/mol. The maximum Gasteiger partial charge on any atom is 0.267 e. The topological polar surface area (TPSA) is 56.1 Å². The first kappa shape index (κ1) is 17.3. The second-order valence-corrected chi connectivity index (χ2v) is 6.58. The predicted octanol–water partition coefficient (Wildman–Crippen LogP) is 4.79. The van der Waals surface area contributed by atoms with Crippen LogP contribution >= 0.6 is 23.2 Å². The molecule has 2 aromatic carbocycles. The van der Waals surface area contributed by atoms with E-state index in [0.717, 1.165) is 12.1 Å². The van der Waals surface area contributed by atoms with Gasteiger partial charge in [0.1, 0.15) is 11.6 Å². The Bertz CT molecular complexity index is 902. The minimum atomic E-state index is -0.525. The first-order valence-corrected chi connectivity index (χ1v) is 8.50. The van der Waals surface area contributed by atoms with Crippen LogP contribution in [-0.4, -0.2) is 11.9 Å². The highest BCUT2D eigenvalue weighted by atomic mass is 35.5. The average Bonchev–Trinajstić information content (AvgIpc) is 2.92. The minimum Gasteiger partial charge on any atom is -0.343 e. The number of benzene rings is 2. The molecule has 6 heteroatoms. The molecule has 0 aliphatic carbocycles. The van der Waals surface area contributed by atoms with Gasteiger partial charge in [-0.25, -0.2) is 0 Å². The Labute approximate surface area is 156 Å². The average molecular weight is 372 g/mol. The highest BCUT2D eigenvalue weighted by Gasteiger charge is 2.25. The number of amides is 1. The number of carbonyl (C=O) groups is 1. The van der Waals surface area contributed by atoms with Crippen molar-refractivity contribution in [1.29, 1.82) is 5.26 Å². The third-order valence-electron chi connectivity index (χ3n) is 4.09. The molecular weight excluding hydrogens is 357 g/mol. The summed E-state index contributed by atoms with van der Waals surface area (Å²) in [7, 11) is 0. The zero-order valence-electron chi connectivity index (χ0n) is 13.5. The van der Waals surface area contributed by atoms with E-state index in [1.807, 2.05) is 29.2 Å². The molecule has 0 saturated heterocycles. The molecule has 0 fully saturated rings. The number of hydrogen-bond donors (Lipinski definition) is 1. The molecule has 1 aliphatic rings. The molecule has 4 nitrogen and oxygen atoms in total. The van der Waals surface area contributed by atoms with Crippen molar-refractivity contribution >= 4 is 40.5 Å². The zero-order chi connectivity index (χ0) is 18.0. The summed E-state index contributed by atoms with van der Waals surface area (Å²) in [4.78, 5) is 14.4. The molecule has 1 aliphatic heterocycles. The van der Waals surface area contributed by atoms with Gasteiger partial charge in [0.2, 0.25) is 0 Å². The van der Waals surface area contributed by atoms with Crippen LogP contribution in [0, 0.1) is 11.3 Å². The van der Waals surface area contributed by atoms with Crippen LogP contribution in [0.1, 0.15) is 12.5 Å².